The average molecular weight is 395 g/mol. The van der Waals surface area contributed by atoms with Crippen LogP contribution in [0.2, 0.25) is 0 Å². The lowest BCUT2D eigenvalue weighted by Gasteiger charge is -2.01. The highest BCUT2D eigenvalue weighted by Gasteiger charge is 2.28. The molecule has 3 heterocycles. The summed E-state index contributed by atoms with van der Waals surface area (Å²) in [5.74, 6) is 2.24. The molecule has 28 heavy (non-hydrogen) atoms. The number of fused-ring (bicyclic) bond motifs is 1. The molecule has 3 aromatic heterocycles. The predicted octanol–water partition coefficient (Wildman–Crippen LogP) is 3.49. The van der Waals surface area contributed by atoms with Gasteiger partial charge in [-0.15, -0.1) is 11.8 Å². The molecule has 142 valence electrons. The van der Waals surface area contributed by atoms with Crippen molar-refractivity contribution in [2.75, 3.05) is 5.75 Å². The van der Waals surface area contributed by atoms with Crippen molar-refractivity contribution in [3.63, 3.8) is 0 Å². The molecule has 0 saturated heterocycles. The number of carbonyl (C=O) groups excluding carboxylic acids is 1. The van der Waals surface area contributed by atoms with Crippen LogP contribution in [0, 0.1) is 0 Å². The van der Waals surface area contributed by atoms with Crippen LogP contribution in [0.25, 0.3) is 22.4 Å². The Labute approximate surface area is 164 Å². The zero-order chi connectivity index (χ0) is 18.9. The molecule has 0 aliphatic heterocycles. The third-order valence-electron chi connectivity index (χ3n) is 4.55. The minimum absolute atomic E-state index is 0.104. The monoisotopic (exact) mass is 395 g/mol. The molecule has 0 spiro atoms. The smallest absolute Gasteiger partial charge is 0.246 e. The van der Waals surface area contributed by atoms with Crippen molar-refractivity contribution in [3.05, 3.63) is 48.2 Å². The van der Waals surface area contributed by atoms with E-state index in [-0.39, 0.29) is 12.5 Å². The fourth-order valence-electron chi connectivity index (χ4n) is 2.92. The third kappa shape index (κ3) is 3.53. The number of benzene rings is 1. The minimum Gasteiger partial charge on any atom is -0.360 e. The summed E-state index contributed by atoms with van der Waals surface area (Å²) in [6, 6.07) is 9.85. The molecule has 1 fully saturated rings. The molecule has 9 heteroatoms. The lowest BCUT2D eigenvalue weighted by atomic mass is 10.2. The van der Waals surface area contributed by atoms with Crippen LogP contribution in [0.5, 0.6) is 0 Å². The number of hydrogen-bond donors (Lipinski definition) is 2. The Morgan fingerprint density at radius 3 is 3.04 bits per heavy atom. The van der Waals surface area contributed by atoms with Gasteiger partial charge in [-0.1, -0.05) is 28.5 Å². The van der Waals surface area contributed by atoms with Crippen LogP contribution in [0.15, 0.2) is 50.5 Å². The van der Waals surface area contributed by atoms with E-state index in [2.05, 4.69) is 25.6 Å². The molecule has 0 atom stereocenters. The molecule has 2 N–H and O–H groups in total. The van der Waals surface area contributed by atoms with Crippen molar-refractivity contribution < 1.29 is 13.8 Å². The van der Waals surface area contributed by atoms with Crippen molar-refractivity contribution in [2.24, 2.45) is 0 Å². The molecule has 8 nitrogen and oxygen atoms in total. The normalized spacial score (nSPS) is 13.9. The summed E-state index contributed by atoms with van der Waals surface area (Å²) in [5, 5.41) is 11.8. The van der Waals surface area contributed by atoms with Crippen LogP contribution >= 0.6 is 11.8 Å². The van der Waals surface area contributed by atoms with E-state index in [0.717, 1.165) is 34.4 Å². The number of nitrogens with one attached hydrogen (secondary N) is 2. The van der Waals surface area contributed by atoms with E-state index in [0.29, 0.717) is 29.1 Å². The van der Waals surface area contributed by atoms with E-state index in [4.69, 9.17) is 9.05 Å². The van der Waals surface area contributed by atoms with Gasteiger partial charge in [-0.25, -0.2) is 0 Å². The van der Waals surface area contributed by atoms with E-state index in [1.165, 1.54) is 11.8 Å². The van der Waals surface area contributed by atoms with Gasteiger partial charge in [0, 0.05) is 34.0 Å². The van der Waals surface area contributed by atoms with Crippen LogP contribution in [0.4, 0.5) is 0 Å². The molecule has 0 unspecified atom stereocenters. The number of hydrogen-bond acceptors (Lipinski definition) is 7. The van der Waals surface area contributed by atoms with Crippen LogP contribution in [0.3, 0.4) is 0 Å². The number of nitrogens with zero attached hydrogens (tertiary/aromatic N) is 3. The molecule has 1 amide bonds. The van der Waals surface area contributed by atoms with Crippen LogP contribution in [0.1, 0.15) is 30.4 Å². The molecule has 4 aromatic rings. The van der Waals surface area contributed by atoms with E-state index < -0.39 is 0 Å². The van der Waals surface area contributed by atoms with E-state index in [1.807, 2.05) is 36.5 Å². The Morgan fingerprint density at radius 2 is 2.14 bits per heavy atom. The number of H-pyrrole nitrogens is 1. The summed E-state index contributed by atoms with van der Waals surface area (Å²) in [6.07, 6.45) is 4.18. The number of aromatic amines is 1. The number of thioether (sulfide) groups is 1. The maximum atomic E-state index is 12.2. The fourth-order valence-corrected chi connectivity index (χ4v) is 3.78. The van der Waals surface area contributed by atoms with Gasteiger partial charge in [-0.3, -0.25) is 4.79 Å². The number of para-hydroxylation sites is 1. The molecule has 1 aliphatic carbocycles. The van der Waals surface area contributed by atoms with Gasteiger partial charge < -0.3 is 19.3 Å². The van der Waals surface area contributed by atoms with Crippen LogP contribution in [-0.4, -0.2) is 31.9 Å². The number of amides is 1. The second kappa shape index (κ2) is 7.16. The van der Waals surface area contributed by atoms with Gasteiger partial charge in [0.25, 0.3) is 0 Å². The molecule has 5 rings (SSSR count). The van der Waals surface area contributed by atoms with Crippen LogP contribution < -0.4 is 5.32 Å². The first-order chi connectivity index (χ1) is 13.8. The summed E-state index contributed by atoms with van der Waals surface area (Å²) >= 11 is 1.48. The molecular weight excluding hydrogens is 378 g/mol. The number of aromatic nitrogens is 4. The number of carbonyl (C=O) groups is 1. The summed E-state index contributed by atoms with van der Waals surface area (Å²) < 4.78 is 10.5. The Kier molecular flexibility index (Phi) is 4.36. The zero-order valence-corrected chi connectivity index (χ0v) is 15.7. The van der Waals surface area contributed by atoms with Crippen molar-refractivity contribution in [1.29, 1.82) is 0 Å². The highest BCUT2D eigenvalue weighted by molar-refractivity contribution is 8.00. The standard InChI is InChI=1S/C19H17N5O3S/c25-17(10-28-16-8-20-13-4-2-1-3-12(13)16)21-9-18-22-19(24-27-18)14-7-15(26-23-14)11-5-6-11/h1-4,7-8,11,20H,5-6,9-10H2,(H,21,25). The van der Waals surface area contributed by atoms with E-state index >= 15 is 0 Å². The Hall–Kier alpha value is -3.07. The zero-order valence-electron chi connectivity index (χ0n) is 14.8. The maximum Gasteiger partial charge on any atom is 0.246 e. The van der Waals surface area contributed by atoms with Gasteiger partial charge in [0.15, 0.2) is 5.69 Å². The summed E-state index contributed by atoms with van der Waals surface area (Å²) in [6.45, 7) is 0.174. The summed E-state index contributed by atoms with van der Waals surface area (Å²) in [7, 11) is 0. The first-order valence-electron chi connectivity index (χ1n) is 9.01. The Morgan fingerprint density at radius 1 is 1.25 bits per heavy atom. The molecule has 0 bridgehead atoms. The largest absolute Gasteiger partial charge is 0.360 e. The van der Waals surface area contributed by atoms with Gasteiger partial charge in [-0.05, 0) is 18.9 Å². The lowest BCUT2D eigenvalue weighted by Crippen LogP contribution is -2.24. The van der Waals surface area contributed by atoms with Crippen molar-refractivity contribution in [1.82, 2.24) is 25.6 Å². The maximum absolute atomic E-state index is 12.2. The van der Waals surface area contributed by atoms with Gasteiger partial charge in [0.05, 0.1) is 12.3 Å². The van der Waals surface area contributed by atoms with Gasteiger partial charge >= 0.3 is 0 Å². The van der Waals surface area contributed by atoms with Gasteiger partial charge in [-0.2, -0.15) is 4.98 Å². The quantitative estimate of drug-likeness (QED) is 0.461. The van der Waals surface area contributed by atoms with Crippen LogP contribution in [-0.2, 0) is 11.3 Å². The lowest BCUT2D eigenvalue weighted by molar-refractivity contribution is -0.118. The summed E-state index contributed by atoms with van der Waals surface area (Å²) in [4.78, 5) is 20.7. The van der Waals surface area contributed by atoms with Gasteiger partial charge in [0.2, 0.25) is 17.6 Å². The molecule has 1 saturated carbocycles. The second-order valence-corrected chi connectivity index (χ2v) is 7.68. The van der Waals surface area contributed by atoms with Crippen molar-refractivity contribution >= 4 is 28.6 Å². The molecular formula is C19H17N5O3S. The Balaban J connectivity index is 1.15. The number of rotatable bonds is 7. The molecule has 1 aromatic carbocycles. The second-order valence-electron chi connectivity index (χ2n) is 6.66. The van der Waals surface area contributed by atoms with E-state index in [1.54, 1.807) is 0 Å². The first-order valence-corrected chi connectivity index (χ1v) is 10.00. The SMILES string of the molecule is O=C(CSc1c[nH]c2ccccc12)NCc1nc(-c2cc(C3CC3)on2)no1. The van der Waals surface area contributed by atoms with Crippen molar-refractivity contribution in [2.45, 2.75) is 30.2 Å². The summed E-state index contributed by atoms with van der Waals surface area (Å²) in [5.41, 5.74) is 1.61. The predicted molar refractivity (Wildman–Crippen MR) is 103 cm³/mol. The average Bonchev–Trinajstić information content (AvgIpc) is 3.12. The first kappa shape index (κ1) is 17.1. The Bertz CT molecular complexity index is 1130. The van der Waals surface area contributed by atoms with Gasteiger partial charge in [0.1, 0.15) is 5.76 Å². The highest BCUT2D eigenvalue weighted by atomic mass is 32.2. The highest BCUT2D eigenvalue weighted by Crippen LogP contribution is 2.40. The van der Waals surface area contributed by atoms with Crippen molar-refractivity contribution in [3.8, 4) is 11.5 Å². The van der Waals surface area contributed by atoms with E-state index in [9.17, 15) is 4.79 Å². The minimum atomic E-state index is -0.104. The molecule has 1 aliphatic rings. The topological polar surface area (TPSA) is 110 Å². The fraction of sp³-hybridized carbons (Fsp3) is 0.263. The third-order valence-corrected chi connectivity index (χ3v) is 5.61. The molecule has 0 radical (unpaired) electrons.